The van der Waals surface area contributed by atoms with Crippen molar-refractivity contribution >= 4 is 29.5 Å². The maximum atomic E-state index is 13.4. The first-order valence-electron chi connectivity index (χ1n) is 15.2. The summed E-state index contributed by atoms with van der Waals surface area (Å²) in [5.74, 6) is -2.07. The first kappa shape index (κ1) is 40.3. The zero-order valence-corrected chi connectivity index (χ0v) is 29.6. The summed E-state index contributed by atoms with van der Waals surface area (Å²) in [7, 11) is 8.51. The normalized spacial score (nSPS) is 15.0. The van der Waals surface area contributed by atoms with Gasteiger partial charge in [-0.2, -0.15) is 0 Å². The average molecular weight is 612 g/mol. The number of primary amides is 1. The van der Waals surface area contributed by atoms with Gasteiger partial charge in [0.1, 0.15) is 18.1 Å². The van der Waals surface area contributed by atoms with Crippen LogP contribution in [0.3, 0.4) is 0 Å². The first-order valence-corrected chi connectivity index (χ1v) is 15.2. The van der Waals surface area contributed by atoms with Crippen molar-refractivity contribution in [1.82, 2.24) is 29.4 Å². The van der Waals surface area contributed by atoms with Crippen LogP contribution in [0.2, 0.25) is 0 Å². The van der Waals surface area contributed by atoms with E-state index in [9.17, 15) is 24.0 Å². The highest BCUT2D eigenvalue weighted by Gasteiger charge is 2.36. The van der Waals surface area contributed by atoms with E-state index >= 15 is 0 Å². The summed E-state index contributed by atoms with van der Waals surface area (Å²) in [4.78, 5) is 74.6. The van der Waals surface area contributed by atoms with Crippen LogP contribution in [-0.4, -0.2) is 149 Å². The second-order valence-corrected chi connectivity index (χ2v) is 13.9. The minimum absolute atomic E-state index is 0.0235. The van der Waals surface area contributed by atoms with E-state index in [1.807, 2.05) is 39.8 Å². The summed E-state index contributed by atoms with van der Waals surface area (Å²) < 4.78 is 0. The van der Waals surface area contributed by atoms with Crippen molar-refractivity contribution in [2.24, 2.45) is 5.73 Å². The molecule has 0 aromatic carbocycles. The number of hydrogen-bond acceptors (Lipinski definition) is 7. The number of hydrogen-bond donors (Lipinski definition) is 1. The summed E-state index contributed by atoms with van der Waals surface area (Å²) in [5.41, 5.74) is 5.21. The minimum atomic E-state index is -0.897. The Labute approximate surface area is 260 Å². The number of carbonyl (C=O) groups is 5. The fourth-order valence-corrected chi connectivity index (χ4v) is 4.41. The van der Waals surface area contributed by atoms with Crippen LogP contribution in [0, 0.1) is 0 Å². The summed E-state index contributed by atoms with van der Waals surface area (Å²) in [6.07, 6.45) is 1.50. The molecule has 12 heteroatoms. The van der Waals surface area contributed by atoms with Gasteiger partial charge >= 0.3 is 0 Å². The van der Waals surface area contributed by atoms with Crippen LogP contribution in [0.25, 0.3) is 0 Å². The van der Waals surface area contributed by atoms with Crippen LogP contribution in [-0.2, 0) is 24.0 Å². The van der Waals surface area contributed by atoms with Crippen molar-refractivity contribution in [1.29, 1.82) is 0 Å². The fourth-order valence-electron chi connectivity index (χ4n) is 4.41. The minimum Gasteiger partial charge on any atom is -0.368 e. The molecule has 0 radical (unpaired) electrons. The van der Waals surface area contributed by atoms with Crippen molar-refractivity contribution in [3.05, 3.63) is 0 Å². The second kappa shape index (κ2) is 16.4. The van der Waals surface area contributed by atoms with Crippen LogP contribution in [0.4, 0.5) is 0 Å². The number of carbonyl (C=O) groups excluding carboxylic acids is 5. The zero-order chi connectivity index (χ0) is 34.2. The predicted molar refractivity (Wildman–Crippen MR) is 171 cm³/mol. The van der Waals surface area contributed by atoms with E-state index in [1.165, 1.54) is 33.7 Å². The lowest BCUT2D eigenvalue weighted by Gasteiger charge is -2.39. The van der Waals surface area contributed by atoms with Crippen molar-refractivity contribution < 1.29 is 24.0 Å². The van der Waals surface area contributed by atoms with Crippen LogP contribution in [0.5, 0.6) is 0 Å². The molecular weight excluding hydrogens is 550 g/mol. The van der Waals surface area contributed by atoms with Gasteiger partial charge < -0.3 is 30.2 Å². The molecule has 0 aliphatic rings. The number of rotatable bonds is 15. The van der Waals surface area contributed by atoms with Gasteiger partial charge in [0.2, 0.25) is 29.5 Å². The molecule has 2 N–H and O–H groups in total. The lowest BCUT2D eigenvalue weighted by Crippen LogP contribution is -2.58. The van der Waals surface area contributed by atoms with Crippen molar-refractivity contribution in [2.75, 3.05) is 54.9 Å². The van der Waals surface area contributed by atoms with Gasteiger partial charge in [-0.1, -0.05) is 0 Å². The monoisotopic (exact) mass is 611 g/mol. The molecule has 0 rings (SSSR count). The summed E-state index contributed by atoms with van der Waals surface area (Å²) in [6, 6.07) is -3.04. The van der Waals surface area contributed by atoms with Gasteiger partial charge in [-0.3, -0.25) is 28.9 Å². The summed E-state index contributed by atoms with van der Waals surface area (Å²) >= 11 is 0. The molecular formula is C31H61N7O5. The highest BCUT2D eigenvalue weighted by molar-refractivity contribution is 5.94. The molecule has 0 unspecified atom stereocenters. The highest BCUT2D eigenvalue weighted by Crippen LogP contribution is 2.17. The molecule has 0 saturated heterocycles. The van der Waals surface area contributed by atoms with E-state index in [4.69, 9.17) is 5.73 Å². The van der Waals surface area contributed by atoms with E-state index in [-0.39, 0.29) is 23.5 Å². The molecule has 0 spiro atoms. The SMILES string of the molecule is C[C@@H](C(=O)N(CCCCN(C)C(C)(C)C)CC(N)=O)N(C)C(=O)[C@H](C)N(C)C(=O)[C@H](C)N(C)C(=O)[C@H](C)N(C)C(C)(C)C. The van der Waals surface area contributed by atoms with Crippen molar-refractivity contribution in [3.8, 4) is 0 Å². The molecule has 0 bridgehead atoms. The smallest absolute Gasteiger partial charge is 0.245 e. The Bertz CT molecular complexity index is 975. The van der Waals surface area contributed by atoms with E-state index in [1.54, 1.807) is 34.7 Å². The molecule has 43 heavy (non-hydrogen) atoms. The van der Waals surface area contributed by atoms with Crippen molar-refractivity contribution in [2.45, 2.75) is 117 Å². The first-order chi connectivity index (χ1) is 19.4. The molecule has 0 aromatic heterocycles. The largest absolute Gasteiger partial charge is 0.368 e. The molecule has 0 heterocycles. The second-order valence-electron chi connectivity index (χ2n) is 13.9. The Morgan fingerprint density at radius 1 is 0.558 bits per heavy atom. The van der Waals surface area contributed by atoms with Crippen LogP contribution in [0.1, 0.15) is 82.1 Å². The number of nitrogens with zero attached hydrogens (tertiary/aromatic N) is 6. The molecule has 0 aliphatic heterocycles. The van der Waals surface area contributed by atoms with E-state index in [0.29, 0.717) is 13.0 Å². The average Bonchev–Trinajstić information content (AvgIpc) is 2.92. The van der Waals surface area contributed by atoms with E-state index in [0.717, 1.165) is 13.0 Å². The van der Waals surface area contributed by atoms with E-state index < -0.39 is 47.8 Å². The van der Waals surface area contributed by atoms with E-state index in [2.05, 4.69) is 25.7 Å². The lowest BCUT2D eigenvalue weighted by atomic mass is 10.0. The predicted octanol–water partition coefficient (Wildman–Crippen LogP) is 1.47. The van der Waals surface area contributed by atoms with Crippen LogP contribution >= 0.6 is 0 Å². The van der Waals surface area contributed by atoms with Gasteiger partial charge in [0, 0.05) is 38.8 Å². The van der Waals surface area contributed by atoms with Gasteiger partial charge in [0.15, 0.2) is 0 Å². The van der Waals surface area contributed by atoms with Crippen LogP contribution in [0.15, 0.2) is 0 Å². The third-order valence-electron chi connectivity index (χ3n) is 8.83. The summed E-state index contributed by atoms with van der Waals surface area (Å²) in [5, 5.41) is 0. The van der Waals surface area contributed by atoms with Gasteiger partial charge in [-0.25, -0.2) is 0 Å². The Morgan fingerprint density at radius 2 is 0.907 bits per heavy atom. The topological polar surface area (TPSA) is 131 Å². The molecule has 4 atom stereocenters. The zero-order valence-electron chi connectivity index (χ0n) is 29.6. The molecule has 0 aromatic rings. The molecule has 0 aliphatic carbocycles. The number of amides is 5. The molecule has 5 amide bonds. The number of unbranched alkanes of at least 4 members (excludes halogenated alkanes) is 1. The Hall–Kier alpha value is -2.73. The highest BCUT2D eigenvalue weighted by atomic mass is 16.2. The third-order valence-corrected chi connectivity index (χ3v) is 8.83. The lowest BCUT2D eigenvalue weighted by molar-refractivity contribution is -0.153. The van der Waals surface area contributed by atoms with Gasteiger partial charge in [-0.15, -0.1) is 0 Å². The van der Waals surface area contributed by atoms with Gasteiger partial charge in [-0.05, 0) is 103 Å². The molecule has 250 valence electrons. The van der Waals surface area contributed by atoms with Gasteiger partial charge in [0.05, 0.1) is 12.6 Å². The number of likely N-dealkylation sites (N-methyl/N-ethyl adjacent to an activating group) is 4. The Morgan fingerprint density at radius 3 is 1.26 bits per heavy atom. The molecule has 0 fully saturated rings. The summed E-state index contributed by atoms with van der Waals surface area (Å²) in [6.45, 7) is 20.0. The standard InChI is InChI=1S/C31H61N7O5/c1-21(34(12)26(40)22(2)35(13)28(42)24(4)37(15)31(8,9)10)27(41)36(14)23(3)29(43)38(20-25(32)39)19-17-16-18-33(11)30(5,6)7/h21-24H,16-20H2,1-15H3,(H2,32,39)/t21-,22-,23-,24-/m0/s1. The maximum absolute atomic E-state index is 13.4. The van der Waals surface area contributed by atoms with Gasteiger partial charge in [0.25, 0.3) is 0 Å². The number of nitrogens with two attached hydrogens (primary N) is 1. The quantitative estimate of drug-likeness (QED) is 0.278. The van der Waals surface area contributed by atoms with Crippen LogP contribution < -0.4 is 5.73 Å². The Kier molecular flexibility index (Phi) is 15.3. The Balaban J connectivity index is 5.47. The third kappa shape index (κ3) is 11.7. The molecule has 0 saturated carbocycles. The maximum Gasteiger partial charge on any atom is 0.245 e. The fraction of sp³-hybridized carbons (Fsp3) is 0.839. The molecule has 12 nitrogen and oxygen atoms in total. The van der Waals surface area contributed by atoms with Crippen molar-refractivity contribution in [3.63, 3.8) is 0 Å².